The quantitative estimate of drug-likeness (QED) is 0.319. The van der Waals surface area contributed by atoms with Crippen LogP contribution in [0, 0.1) is 0 Å². The van der Waals surface area contributed by atoms with Gasteiger partial charge in [-0.15, -0.1) is 0 Å². The first-order valence-corrected chi connectivity index (χ1v) is 2.66. The van der Waals surface area contributed by atoms with Crippen molar-refractivity contribution in [3.05, 3.63) is 0 Å². The Morgan fingerprint density at radius 1 is 1.71 bits per heavy atom. The van der Waals surface area contributed by atoms with Crippen molar-refractivity contribution in [3.8, 4) is 0 Å². The summed E-state index contributed by atoms with van der Waals surface area (Å²) in [5.41, 5.74) is 0. The second-order valence-corrected chi connectivity index (χ2v) is 0.696. The highest BCUT2D eigenvalue weighted by Crippen LogP contribution is 1.60. The highest BCUT2D eigenvalue weighted by atomic mass is 27.1. The maximum atomic E-state index is 9.59. The van der Waals surface area contributed by atoms with E-state index in [2.05, 4.69) is 4.74 Å². The molecule has 1 N–H and O–H groups in total. The normalized spacial score (nSPS) is 5.57. The molecule has 0 spiro atoms. The van der Waals surface area contributed by atoms with Gasteiger partial charge in [0.25, 0.3) is 0 Å². The van der Waals surface area contributed by atoms with E-state index in [4.69, 9.17) is 4.16 Å². The topological polar surface area (TPSA) is 46.5 Å². The van der Waals surface area contributed by atoms with Gasteiger partial charge in [0.05, 0.1) is 7.11 Å². The van der Waals surface area contributed by atoms with Crippen molar-refractivity contribution in [2.75, 3.05) is 7.11 Å². The van der Waals surface area contributed by atoms with Gasteiger partial charge in [-0.2, -0.15) is 0 Å². The minimum atomic E-state index is -0.245. The molecule has 0 aromatic carbocycles. The summed E-state index contributed by atoms with van der Waals surface area (Å²) in [6.07, 6.45) is 0. The first-order chi connectivity index (χ1) is 3.27. The van der Waals surface area contributed by atoms with Crippen LogP contribution in [-0.4, -0.2) is 33.9 Å². The van der Waals surface area contributed by atoms with Gasteiger partial charge in [0.15, 0.2) is 0 Å². The molecule has 7 heavy (non-hydrogen) atoms. The van der Waals surface area contributed by atoms with Crippen LogP contribution in [0.25, 0.3) is 0 Å². The number of rotatable bonds is 0. The molecule has 0 amide bonds. The standard InChI is InChI=1S/C3H6O2.Al.H2O.2H/c1-3(4)5-2;;;;/h1-2H3;;1H2;;/q;+1;;;/p-1. The van der Waals surface area contributed by atoms with Gasteiger partial charge in [0, 0.05) is 6.92 Å². The Morgan fingerprint density at radius 2 is 1.86 bits per heavy atom. The fraction of sp³-hybridized carbons (Fsp3) is 0.667. The van der Waals surface area contributed by atoms with Crippen molar-refractivity contribution < 1.29 is 13.7 Å². The number of methoxy groups -OCH3 is 1. The minimum Gasteiger partial charge on any atom is -0.521 e. The molecule has 0 aliphatic carbocycles. The van der Waals surface area contributed by atoms with Crippen LogP contribution in [0.15, 0.2) is 0 Å². The first kappa shape index (κ1) is 10.1. The van der Waals surface area contributed by atoms with E-state index in [0.29, 0.717) is 16.6 Å². The summed E-state index contributed by atoms with van der Waals surface area (Å²) in [7, 11) is 1.35. The molecule has 0 rings (SSSR count). The molecule has 0 saturated carbocycles. The van der Waals surface area contributed by atoms with Crippen LogP contribution < -0.4 is 0 Å². The van der Waals surface area contributed by atoms with Crippen molar-refractivity contribution in [3.63, 3.8) is 0 Å². The molecule has 3 nitrogen and oxygen atoms in total. The zero-order chi connectivity index (χ0) is 6.28. The average molecular weight is 120 g/mol. The molecule has 0 saturated heterocycles. The lowest BCUT2D eigenvalue weighted by Gasteiger charge is -1.80. The van der Waals surface area contributed by atoms with Crippen LogP contribution >= 0.6 is 0 Å². The number of carbonyl (C=O) groups is 1. The van der Waals surface area contributed by atoms with E-state index in [1.165, 1.54) is 14.0 Å². The minimum absolute atomic E-state index is 0.245. The van der Waals surface area contributed by atoms with Gasteiger partial charge >= 0.3 is 22.6 Å². The maximum Gasteiger partial charge on any atom is 0.407 e. The molecule has 0 aromatic rings. The fourth-order valence-electron chi connectivity index (χ4n) is 0. The van der Waals surface area contributed by atoms with E-state index in [-0.39, 0.29) is 5.97 Å². The van der Waals surface area contributed by atoms with Gasteiger partial charge in [0.2, 0.25) is 0 Å². The Hall–Kier alpha value is -0.0375. The van der Waals surface area contributed by atoms with Crippen LogP contribution in [0.5, 0.6) is 0 Å². The summed E-state index contributed by atoms with van der Waals surface area (Å²) < 4.78 is 11.2. The van der Waals surface area contributed by atoms with Gasteiger partial charge in [0.1, 0.15) is 0 Å². The number of carbonyl (C=O) groups excluding carboxylic acids is 1. The fourth-order valence-corrected chi connectivity index (χ4v) is 0. The third-order valence-corrected chi connectivity index (χ3v) is 0.287. The average Bonchev–Trinajstić information content (AvgIpc) is 1.73. The van der Waals surface area contributed by atoms with Crippen LogP contribution in [0.1, 0.15) is 6.92 Å². The number of esters is 1. The monoisotopic (exact) mass is 120 g/mol. The molecule has 0 aliphatic rings. The van der Waals surface area contributed by atoms with Crippen molar-refractivity contribution in [1.29, 1.82) is 0 Å². The molecule has 0 radical (unpaired) electrons. The summed E-state index contributed by atoms with van der Waals surface area (Å²) in [6, 6.07) is 0. The van der Waals surface area contributed by atoms with Crippen molar-refractivity contribution in [2.45, 2.75) is 6.92 Å². The third-order valence-electron chi connectivity index (χ3n) is 0.287. The molecule has 0 atom stereocenters. The molecule has 4 heteroatoms. The molecule has 42 valence electrons. The molecule has 0 aliphatic heterocycles. The Labute approximate surface area is 51.0 Å². The molecule has 0 fully saturated rings. The van der Waals surface area contributed by atoms with E-state index in [1.54, 1.807) is 0 Å². The predicted molar refractivity (Wildman–Crippen MR) is 28.5 cm³/mol. The summed E-state index contributed by atoms with van der Waals surface area (Å²) in [5, 5.41) is 0. The largest absolute Gasteiger partial charge is 0.521 e. The second kappa shape index (κ2) is 9.35. The molecule has 0 heterocycles. The Bertz CT molecular complexity index is 45.4. The number of ether oxygens (including phenoxy) is 1. The molecule has 0 aromatic heterocycles. The van der Waals surface area contributed by atoms with E-state index >= 15 is 0 Å². The van der Waals surface area contributed by atoms with E-state index in [1.807, 2.05) is 0 Å². The van der Waals surface area contributed by atoms with E-state index in [0.717, 1.165) is 0 Å². The van der Waals surface area contributed by atoms with Crippen LogP contribution in [0.4, 0.5) is 0 Å². The Balaban J connectivity index is 0. The summed E-state index contributed by atoms with van der Waals surface area (Å²) in [6.45, 7) is 1.36. The third kappa shape index (κ3) is 24.3. The molecule has 0 bridgehead atoms. The van der Waals surface area contributed by atoms with E-state index in [9.17, 15) is 4.79 Å². The van der Waals surface area contributed by atoms with Gasteiger partial charge in [-0.1, -0.05) is 0 Å². The number of hydrogen-bond donors (Lipinski definition) is 1. The Morgan fingerprint density at radius 3 is 1.86 bits per heavy atom. The SMILES string of the molecule is COC(C)=O.[OH][AlH2]. The smallest absolute Gasteiger partial charge is 0.407 e. The highest BCUT2D eigenvalue weighted by molar-refractivity contribution is 5.95. The maximum absolute atomic E-state index is 9.59. The lowest BCUT2D eigenvalue weighted by atomic mass is 10.8. The van der Waals surface area contributed by atoms with Crippen LogP contribution in [0.2, 0.25) is 0 Å². The van der Waals surface area contributed by atoms with Crippen molar-refractivity contribution in [1.82, 2.24) is 0 Å². The predicted octanol–water partition coefficient (Wildman–Crippen LogP) is -1.29. The molecular weight excluding hydrogens is 111 g/mol. The molecule has 0 unspecified atom stereocenters. The summed E-state index contributed by atoms with van der Waals surface area (Å²) in [4.78, 5) is 9.59. The van der Waals surface area contributed by atoms with Gasteiger partial charge in [-0.3, -0.25) is 4.79 Å². The number of hydrogen-bond acceptors (Lipinski definition) is 3. The van der Waals surface area contributed by atoms with E-state index < -0.39 is 0 Å². The highest BCUT2D eigenvalue weighted by Gasteiger charge is 1.75. The second-order valence-electron chi connectivity index (χ2n) is 0.696. The van der Waals surface area contributed by atoms with Crippen molar-refractivity contribution in [2.24, 2.45) is 0 Å². The summed E-state index contributed by atoms with van der Waals surface area (Å²) >= 11 is 0.306. The Kier molecular flexibility index (Phi) is 13.4. The lowest BCUT2D eigenvalue weighted by molar-refractivity contribution is -0.137. The zero-order valence-electron chi connectivity index (χ0n) is 4.76. The molecular formula is C3H9AlO3. The van der Waals surface area contributed by atoms with Crippen LogP contribution in [-0.2, 0) is 9.53 Å². The zero-order valence-corrected chi connectivity index (χ0v) is 6.76. The van der Waals surface area contributed by atoms with Crippen LogP contribution in [0.3, 0.4) is 0 Å². The van der Waals surface area contributed by atoms with Gasteiger partial charge in [-0.05, 0) is 0 Å². The summed E-state index contributed by atoms with van der Waals surface area (Å²) in [5.74, 6) is -0.245. The van der Waals surface area contributed by atoms with Crippen molar-refractivity contribution >= 4 is 22.6 Å². The van der Waals surface area contributed by atoms with Gasteiger partial charge in [-0.25, -0.2) is 0 Å². The van der Waals surface area contributed by atoms with Gasteiger partial charge < -0.3 is 8.90 Å². The first-order valence-electron chi connectivity index (χ1n) is 1.76. The lowest BCUT2D eigenvalue weighted by Crippen LogP contribution is -1.88.